The maximum absolute atomic E-state index is 8.52. The molecule has 0 bridgehead atoms. The highest BCUT2D eigenvalue weighted by atomic mass is 16.2. The van der Waals surface area contributed by atoms with Gasteiger partial charge < -0.3 is 10.0 Å². The number of aliphatic hydroxyl groups is 1. The van der Waals surface area contributed by atoms with Crippen LogP contribution in [0.15, 0.2) is 0 Å². The maximum atomic E-state index is 8.52. The third kappa shape index (κ3) is 1.96. The smallest absolute Gasteiger partial charge is 0.0431 e. The Morgan fingerprint density at radius 3 is 2.70 bits per heavy atom. The third-order valence-corrected chi connectivity index (χ3v) is 2.31. The van der Waals surface area contributed by atoms with Gasteiger partial charge in [-0.3, -0.25) is 0 Å². The number of unbranched alkanes of at least 4 members (excludes halogenated alkanes) is 1. The fourth-order valence-corrected chi connectivity index (χ4v) is 1.33. The molecule has 1 fully saturated rings. The molecule has 0 radical (unpaired) electrons. The largest absolute Gasteiger partial charge is 0.396 e. The first-order valence-electron chi connectivity index (χ1n) is 4.19. The summed E-state index contributed by atoms with van der Waals surface area (Å²) in [5.41, 5.74) is 0. The standard InChI is InChI=1S/C8H17NO/c1-8-4-6-9(8)5-2-3-7-10/h8,10H,2-7H2,1H3. The van der Waals surface area contributed by atoms with Gasteiger partial charge in [0.1, 0.15) is 0 Å². The molecule has 0 saturated carbocycles. The summed E-state index contributed by atoms with van der Waals surface area (Å²) in [6, 6.07) is 0.804. The number of hydrogen-bond acceptors (Lipinski definition) is 2. The molecular formula is C8H17NO. The van der Waals surface area contributed by atoms with E-state index in [1.54, 1.807) is 0 Å². The summed E-state index contributed by atoms with van der Waals surface area (Å²) in [6.07, 6.45) is 3.48. The van der Waals surface area contributed by atoms with E-state index in [9.17, 15) is 0 Å². The minimum Gasteiger partial charge on any atom is -0.396 e. The molecule has 2 nitrogen and oxygen atoms in total. The molecule has 2 heteroatoms. The van der Waals surface area contributed by atoms with Crippen molar-refractivity contribution < 1.29 is 5.11 Å². The fraction of sp³-hybridized carbons (Fsp3) is 1.00. The van der Waals surface area contributed by atoms with Crippen molar-refractivity contribution in [1.82, 2.24) is 4.90 Å². The van der Waals surface area contributed by atoms with E-state index >= 15 is 0 Å². The minimum atomic E-state index is 0.349. The minimum absolute atomic E-state index is 0.349. The molecule has 1 N–H and O–H groups in total. The van der Waals surface area contributed by atoms with Crippen LogP contribution in [0, 0.1) is 0 Å². The first kappa shape index (κ1) is 8.02. The van der Waals surface area contributed by atoms with Crippen molar-refractivity contribution in [2.75, 3.05) is 19.7 Å². The van der Waals surface area contributed by atoms with Crippen LogP contribution in [0.25, 0.3) is 0 Å². The number of nitrogens with zero attached hydrogens (tertiary/aromatic N) is 1. The normalized spacial score (nSPS) is 26.4. The van der Waals surface area contributed by atoms with Gasteiger partial charge in [-0.1, -0.05) is 0 Å². The summed E-state index contributed by atoms with van der Waals surface area (Å²) in [6.45, 7) is 5.07. The lowest BCUT2D eigenvalue weighted by Crippen LogP contribution is -2.45. The molecule has 1 rings (SSSR count). The van der Waals surface area contributed by atoms with Crippen LogP contribution in [-0.4, -0.2) is 35.7 Å². The Kier molecular flexibility index (Phi) is 3.16. The quantitative estimate of drug-likeness (QED) is 0.590. The topological polar surface area (TPSA) is 23.5 Å². The van der Waals surface area contributed by atoms with Crippen molar-refractivity contribution >= 4 is 0 Å². The van der Waals surface area contributed by atoms with Crippen molar-refractivity contribution in [2.24, 2.45) is 0 Å². The molecule has 60 valence electrons. The van der Waals surface area contributed by atoms with E-state index in [2.05, 4.69) is 11.8 Å². The zero-order valence-corrected chi connectivity index (χ0v) is 6.71. The van der Waals surface area contributed by atoms with Crippen LogP contribution in [-0.2, 0) is 0 Å². The summed E-state index contributed by atoms with van der Waals surface area (Å²) in [4.78, 5) is 2.47. The second-order valence-corrected chi connectivity index (χ2v) is 3.10. The van der Waals surface area contributed by atoms with Gasteiger partial charge in [0.15, 0.2) is 0 Å². The second-order valence-electron chi connectivity index (χ2n) is 3.10. The molecule has 0 aromatic carbocycles. The molecule has 0 aromatic rings. The predicted molar refractivity (Wildman–Crippen MR) is 42.0 cm³/mol. The van der Waals surface area contributed by atoms with E-state index < -0.39 is 0 Å². The molecule has 0 aromatic heterocycles. The Labute approximate surface area is 62.8 Å². The Balaban J connectivity index is 1.92. The average Bonchev–Trinajstić information content (AvgIpc) is 1.95. The molecule has 1 aliphatic heterocycles. The van der Waals surface area contributed by atoms with Crippen LogP contribution in [0.3, 0.4) is 0 Å². The van der Waals surface area contributed by atoms with Crippen molar-refractivity contribution in [3.63, 3.8) is 0 Å². The van der Waals surface area contributed by atoms with Gasteiger partial charge in [-0.25, -0.2) is 0 Å². The van der Waals surface area contributed by atoms with Crippen LogP contribution in [0.5, 0.6) is 0 Å². The summed E-state index contributed by atoms with van der Waals surface area (Å²) in [5.74, 6) is 0. The van der Waals surface area contributed by atoms with Crippen molar-refractivity contribution in [2.45, 2.75) is 32.2 Å². The van der Waals surface area contributed by atoms with Gasteiger partial charge in [0.25, 0.3) is 0 Å². The number of hydrogen-bond donors (Lipinski definition) is 1. The number of aliphatic hydroxyl groups excluding tert-OH is 1. The molecule has 0 amide bonds. The molecule has 1 aliphatic rings. The van der Waals surface area contributed by atoms with E-state index in [1.165, 1.54) is 19.5 Å². The average molecular weight is 143 g/mol. The van der Waals surface area contributed by atoms with E-state index in [0.29, 0.717) is 6.61 Å². The van der Waals surface area contributed by atoms with Crippen LogP contribution in [0.4, 0.5) is 0 Å². The molecule has 1 unspecified atom stereocenters. The third-order valence-electron chi connectivity index (χ3n) is 2.31. The monoisotopic (exact) mass is 143 g/mol. The van der Waals surface area contributed by atoms with E-state index in [0.717, 1.165) is 18.9 Å². The summed E-state index contributed by atoms with van der Waals surface area (Å²) in [7, 11) is 0. The van der Waals surface area contributed by atoms with E-state index in [4.69, 9.17) is 5.11 Å². The second kappa shape index (κ2) is 3.94. The lowest BCUT2D eigenvalue weighted by Gasteiger charge is -2.38. The zero-order chi connectivity index (χ0) is 7.40. The van der Waals surface area contributed by atoms with Gasteiger partial charge in [-0.15, -0.1) is 0 Å². The summed E-state index contributed by atoms with van der Waals surface area (Å²) >= 11 is 0. The predicted octanol–water partition coefficient (Wildman–Crippen LogP) is 0.853. The Morgan fingerprint density at radius 2 is 2.30 bits per heavy atom. The van der Waals surface area contributed by atoms with Gasteiger partial charge in [0.05, 0.1) is 0 Å². The van der Waals surface area contributed by atoms with Gasteiger partial charge in [-0.2, -0.15) is 0 Å². The van der Waals surface area contributed by atoms with Crippen LogP contribution in [0.2, 0.25) is 0 Å². The summed E-state index contributed by atoms with van der Waals surface area (Å²) in [5, 5.41) is 8.52. The highest BCUT2D eigenvalue weighted by Crippen LogP contribution is 2.16. The molecule has 1 saturated heterocycles. The van der Waals surface area contributed by atoms with Gasteiger partial charge in [-0.05, 0) is 39.3 Å². The van der Waals surface area contributed by atoms with Crippen molar-refractivity contribution in [3.8, 4) is 0 Å². The number of rotatable bonds is 4. The Bertz CT molecular complexity index is 95.3. The van der Waals surface area contributed by atoms with Crippen LogP contribution >= 0.6 is 0 Å². The van der Waals surface area contributed by atoms with Crippen LogP contribution < -0.4 is 0 Å². The Morgan fingerprint density at radius 1 is 1.50 bits per heavy atom. The van der Waals surface area contributed by atoms with Gasteiger partial charge in [0.2, 0.25) is 0 Å². The number of likely N-dealkylation sites (tertiary alicyclic amines) is 1. The molecule has 10 heavy (non-hydrogen) atoms. The van der Waals surface area contributed by atoms with Crippen molar-refractivity contribution in [1.29, 1.82) is 0 Å². The van der Waals surface area contributed by atoms with Crippen molar-refractivity contribution in [3.05, 3.63) is 0 Å². The molecule has 1 heterocycles. The fourth-order valence-electron chi connectivity index (χ4n) is 1.33. The lowest BCUT2D eigenvalue weighted by atomic mass is 10.1. The SMILES string of the molecule is CC1CCN1CCCCO. The van der Waals surface area contributed by atoms with Gasteiger partial charge >= 0.3 is 0 Å². The lowest BCUT2D eigenvalue weighted by molar-refractivity contribution is 0.1000. The highest BCUT2D eigenvalue weighted by molar-refractivity contribution is 4.77. The molecule has 0 aliphatic carbocycles. The maximum Gasteiger partial charge on any atom is 0.0431 e. The van der Waals surface area contributed by atoms with E-state index in [1.807, 2.05) is 0 Å². The molecule has 1 atom stereocenters. The first-order valence-corrected chi connectivity index (χ1v) is 4.19. The Hall–Kier alpha value is -0.0800. The van der Waals surface area contributed by atoms with Crippen LogP contribution in [0.1, 0.15) is 26.2 Å². The zero-order valence-electron chi connectivity index (χ0n) is 6.71. The first-order chi connectivity index (χ1) is 4.84. The molecule has 0 spiro atoms. The van der Waals surface area contributed by atoms with Gasteiger partial charge in [0, 0.05) is 12.6 Å². The molecular weight excluding hydrogens is 126 g/mol. The summed E-state index contributed by atoms with van der Waals surface area (Å²) < 4.78 is 0. The van der Waals surface area contributed by atoms with E-state index in [-0.39, 0.29) is 0 Å². The highest BCUT2D eigenvalue weighted by Gasteiger charge is 2.21.